The van der Waals surface area contributed by atoms with Crippen LogP contribution in [0.2, 0.25) is 0 Å². The molecule has 1 aliphatic heterocycles. The predicted octanol–water partition coefficient (Wildman–Crippen LogP) is 8.53. The van der Waals surface area contributed by atoms with Crippen molar-refractivity contribution in [3.05, 3.63) is 94.4 Å². The molecular weight excluding hydrogens is 546 g/mol. The van der Waals surface area contributed by atoms with Crippen molar-refractivity contribution in [2.24, 2.45) is 10.8 Å². The van der Waals surface area contributed by atoms with E-state index in [0.717, 1.165) is 71.6 Å². The van der Waals surface area contributed by atoms with Crippen LogP contribution in [-0.2, 0) is 22.4 Å². The van der Waals surface area contributed by atoms with Crippen molar-refractivity contribution in [2.75, 3.05) is 19.8 Å². The van der Waals surface area contributed by atoms with E-state index in [9.17, 15) is 9.59 Å². The number of ether oxygens (including phenoxy) is 2. The minimum absolute atomic E-state index is 0.143. The number of carbonyl (C=O) groups excluding carboxylic acids is 2. The molecule has 1 heterocycles. The molecule has 0 spiro atoms. The van der Waals surface area contributed by atoms with Gasteiger partial charge in [-0.3, -0.25) is 9.59 Å². The number of benzene rings is 2. The van der Waals surface area contributed by atoms with Crippen molar-refractivity contribution < 1.29 is 19.1 Å². The Kier molecular flexibility index (Phi) is 9.25. The molecule has 0 saturated carbocycles. The van der Waals surface area contributed by atoms with Crippen molar-refractivity contribution in [3.8, 4) is 11.5 Å². The second-order valence-electron chi connectivity index (χ2n) is 14.2. The van der Waals surface area contributed by atoms with E-state index in [1.54, 1.807) is 0 Å². The van der Waals surface area contributed by atoms with Gasteiger partial charge in [0.2, 0.25) is 0 Å². The van der Waals surface area contributed by atoms with E-state index in [1.807, 2.05) is 25.1 Å². The fourth-order valence-electron chi connectivity index (χ4n) is 7.32. The topological polar surface area (TPSA) is 55.8 Å². The fraction of sp³-hybridized carbons (Fsp3) is 0.487. The Hall–Kier alpha value is -3.60. The molecule has 5 nitrogen and oxygen atoms in total. The molecule has 0 fully saturated rings. The zero-order valence-electron chi connectivity index (χ0n) is 27.6. The van der Waals surface area contributed by atoms with E-state index < -0.39 is 5.92 Å². The van der Waals surface area contributed by atoms with Gasteiger partial charge in [-0.15, -0.1) is 6.58 Å². The molecule has 234 valence electrons. The van der Waals surface area contributed by atoms with E-state index in [0.29, 0.717) is 38.2 Å². The van der Waals surface area contributed by atoms with E-state index in [1.165, 1.54) is 5.56 Å². The molecule has 0 bridgehead atoms. The largest absolute Gasteiger partial charge is 0.490 e. The standard InChI is InChI=1S/C39H49NO4/c1-8-14-27-20-28(21-33(43-10-3)37(27)44-19-9-2)34-35-29(22-38(4,5)24-31(35)41)40(18-17-26-15-12-11-13-16-26)30-23-39(6,7)25-32(42)36(30)34/h8,11-13,15-16,20-21,34H,1,9-10,14,17-19,22-25H2,2-7H3. The summed E-state index contributed by atoms with van der Waals surface area (Å²) in [4.78, 5) is 31.0. The van der Waals surface area contributed by atoms with Crippen molar-refractivity contribution in [1.29, 1.82) is 0 Å². The number of rotatable bonds is 11. The SMILES string of the molecule is C=CCc1cc(C2C3=C(CC(C)(C)CC3=O)N(CCc3ccccc3)C3=C2C(=O)CC(C)(C)C3)cc(OCC)c1OCCC. The first kappa shape index (κ1) is 31.8. The van der Waals surface area contributed by atoms with Crippen LogP contribution >= 0.6 is 0 Å². The van der Waals surface area contributed by atoms with Crippen molar-refractivity contribution in [2.45, 2.75) is 92.4 Å². The van der Waals surface area contributed by atoms with Crippen LogP contribution in [0.15, 0.2) is 77.7 Å². The average Bonchev–Trinajstić information content (AvgIpc) is 2.95. The number of ketones is 2. The summed E-state index contributed by atoms with van der Waals surface area (Å²) in [7, 11) is 0. The summed E-state index contributed by atoms with van der Waals surface area (Å²) in [6.07, 6.45) is 6.70. The zero-order valence-corrected chi connectivity index (χ0v) is 27.6. The van der Waals surface area contributed by atoms with Crippen molar-refractivity contribution in [3.63, 3.8) is 0 Å². The Balaban J connectivity index is 1.74. The van der Waals surface area contributed by atoms with Gasteiger partial charge in [-0.2, -0.15) is 0 Å². The van der Waals surface area contributed by atoms with Crippen LogP contribution in [0, 0.1) is 10.8 Å². The zero-order chi connectivity index (χ0) is 31.6. The maximum Gasteiger partial charge on any atom is 0.164 e. The normalized spacial score (nSPS) is 19.5. The van der Waals surface area contributed by atoms with Gasteiger partial charge in [0, 0.05) is 53.4 Å². The molecule has 2 aromatic rings. The molecule has 2 aliphatic carbocycles. The molecule has 44 heavy (non-hydrogen) atoms. The van der Waals surface area contributed by atoms with Crippen LogP contribution in [0.4, 0.5) is 0 Å². The Morgan fingerprint density at radius 1 is 0.886 bits per heavy atom. The van der Waals surface area contributed by atoms with Crippen molar-refractivity contribution in [1.82, 2.24) is 4.90 Å². The number of carbonyl (C=O) groups is 2. The highest BCUT2D eigenvalue weighted by Gasteiger charge is 2.49. The van der Waals surface area contributed by atoms with Crippen LogP contribution < -0.4 is 9.47 Å². The first-order valence-electron chi connectivity index (χ1n) is 16.4. The van der Waals surface area contributed by atoms with Crippen LogP contribution in [0.3, 0.4) is 0 Å². The molecule has 0 saturated heterocycles. The van der Waals surface area contributed by atoms with Gasteiger partial charge in [-0.25, -0.2) is 0 Å². The molecule has 0 N–H and O–H groups in total. The summed E-state index contributed by atoms with van der Waals surface area (Å²) in [5.41, 5.74) is 6.57. The molecular formula is C39H49NO4. The quantitative estimate of drug-likeness (QED) is 0.244. The molecule has 0 amide bonds. The molecule has 0 aromatic heterocycles. The highest BCUT2D eigenvalue weighted by atomic mass is 16.5. The third-order valence-corrected chi connectivity index (χ3v) is 9.09. The van der Waals surface area contributed by atoms with E-state index in [-0.39, 0.29) is 22.4 Å². The summed E-state index contributed by atoms with van der Waals surface area (Å²) in [6, 6.07) is 14.7. The molecule has 2 aromatic carbocycles. The summed E-state index contributed by atoms with van der Waals surface area (Å²) in [5, 5.41) is 0. The number of nitrogens with zero attached hydrogens (tertiary/aromatic N) is 1. The van der Waals surface area contributed by atoms with Gasteiger partial charge in [0.25, 0.3) is 0 Å². The maximum atomic E-state index is 14.3. The second kappa shape index (κ2) is 12.8. The Morgan fingerprint density at radius 2 is 1.50 bits per heavy atom. The fourth-order valence-corrected chi connectivity index (χ4v) is 7.32. The van der Waals surface area contributed by atoms with Gasteiger partial charge in [-0.05, 0) is 67.1 Å². The molecule has 0 atom stereocenters. The van der Waals surface area contributed by atoms with Gasteiger partial charge in [0.1, 0.15) is 0 Å². The van der Waals surface area contributed by atoms with E-state index >= 15 is 0 Å². The third kappa shape index (κ3) is 6.43. The summed E-state index contributed by atoms with van der Waals surface area (Å²) in [5.74, 6) is 1.25. The smallest absolute Gasteiger partial charge is 0.164 e. The first-order valence-corrected chi connectivity index (χ1v) is 16.4. The van der Waals surface area contributed by atoms with Crippen LogP contribution in [-0.4, -0.2) is 36.2 Å². The minimum Gasteiger partial charge on any atom is -0.490 e. The van der Waals surface area contributed by atoms with Gasteiger partial charge >= 0.3 is 0 Å². The second-order valence-corrected chi connectivity index (χ2v) is 14.2. The van der Waals surface area contributed by atoms with Gasteiger partial charge < -0.3 is 14.4 Å². The lowest BCUT2D eigenvalue weighted by Gasteiger charge is -2.49. The maximum absolute atomic E-state index is 14.3. The summed E-state index contributed by atoms with van der Waals surface area (Å²) < 4.78 is 12.4. The van der Waals surface area contributed by atoms with E-state index in [2.05, 4.69) is 76.4 Å². The Bertz CT molecular complexity index is 1440. The lowest BCUT2D eigenvalue weighted by Crippen LogP contribution is -2.45. The van der Waals surface area contributed by atoms with Gasteiger partial charge in [-0.1, -0.05) is 77.1 Å². The first-order chi connectivity index (χ1) is 21.0. The molecule has 3 aliphatic rings. The summed E-state index contributed by atoms with van der Waals surface area (Å²) >= 11 is 0. The molecule has 0 radical (unpaired) electrons. The number of Topliss-reactive ketones (excluding diaryl/α,β-unsaturated/α-hetero) is 2. The molecule has 0 unspecified atom stereocenters. The van der Waals surface area contributed by atoms with E-state index in [4.69, 9.17) is 9.47 Å². The minimum atomic E-state index is -0.428. The average molecular weight is 596 g/mol. The number of hydrogen-bond donors (Lipinski definition) is 0. The highest BCUT2D eigenvalue weighted by molar-refractivity contribution is 6.06. The highest BCUT2D eigenvalue weighted by Crippen LogP contribution is 2.55. The Labute approximate surface area is 264 Å². The Morgan fingerprint density at radius 3 is 2.05 bits per heavy atom. The molecule has 5 heteroatoms. The number of hydrogen-bond acceptors (Lipinski definition) is 5. The molecule has 5 rings (SSSR count). The van der Waals surface area contributed by atoms with Crippen LogP contribution in [0.5, 0.6) is 11.5 Å². The predicted molar refractivity (Wildman–Crippen MR) is 177 cm³/mol. The monoisotopic (exact) mass is 595 g/mol. The van der Waals surface area contributed by atoms with Crippen LogP contribution in [0.1, 0.15) is 96.3 Å². The summed E-state index contributed by atoms with van der Waals surface area (Å²) in [6.45, 7) is 18.6. The van der Waals surface area contributed by atoms with Gasteiger partial charge in [0.15, 0.2) is 23.1 Å². The van der Waals surface area contributed by atoms with Gasteiger partial charge in [0.05, 0.1) is 13.2 Å². The lowest BCUT2D eigenvalue weighted by molar-refractivity contribution is -0.119. The van der Waals surface area contributed by atoms with Crippen LogP contribution in [0.25, 0.3) is 0 Å². The van der Waals surface area contributed by atoms with Crippen molar-refractivity contribution >= 4 is 11.6 Å². The lowest BCUT2D eigenvalue weighted by atomic mass is 9.63. The number of allylic oxidation sites excluding steroid dienone is 5. The third-order valence-electron chi connectivity index (χ3n) is 9.09.